The number of aromatic nitrogens is 1. The highest BCUT2D eigenvalue weighted by molar-refractivity contribution is 6.03. The molecule has 28 heavy (non-hydrogen) atoms. The fourth-order valence-electron chi connectivity index (χ4n) is 3.46. The van der Waals surface area contributed by atoms with Crippen molar-refractivity contribution in [1.82, 2.24) is 4.98 Å². The summed E-state index contributed by atoms with van der Waals surface area (Å²) in [6.07, 6.45) is -3.03. The average Bonchev–Trinajstić information content (AvgIpc) is 2.65. The number of halogens is 3. The van der Waals surface area contributed by atoms with Gasteiger partial charge in [-0.3, -0.25) is 4.98 Å². The van der Waals surface area contributed by atoms with E-state index in [4.69, 9.17) is 0 Å². The third-order valence-electron chi connectivity index (χ3n) is 4.67. The Morgan fingerprint density at radius 2 is 1.57 bits per heavy atom. The molecule has 4 aromatic rings. The van der Waals surface area contributed by atoms with Crippen molar-refractivity contribution in [1.29, 1.82) is 0 Å². The molecule has 2 nitrogen and oxygen atoms in total. The maximum Gasteiger partial charge on any atom is 0.418 e. The van der Waals surface area contributed by atoms with E-state index in [9.17, 15) is 18.3 Å². The van der Waals surface area contributed by atoms with Crippen molar-refractivity contribution in [3.8, 4) is 28.0 Å². The molecule has 3 aromatic carbocycles. The maximum absolute atomic E-state index is 13.5. The highest BCUT2D eigenvalue weighted by Gasteiger charge is 2.33. The molecule has 140 valence electrons. The third kappa shape index (κ3) is 3.20. The number of fused-ring (bicyclic) bond motifs is 1. The molecule has 0 spiro atoms. The number of rotatable bonds is 2. The number of alkyl halides is 3. The topological polar surface area (TPSA) is 33.1 Å². The first-order valence-corrected chi connectivity index (χ1v) is 8.70. The lowest BCUT2D eigenvalue weighted by Gasteiger charge is -2.16. The molecule has 0 fully saturated rings. The van der Waals surface area contributed by atoms with Crippen LogP contribution in [0.2, 0.25) is 0 Å². The molecule has 0 unspecified atom stereocenters. The largest absolute Gasteiger partial charge is 0.508 e. The van der Waals surface area contributed by atoms with Gasteiger partial charge in [-0.1, -0.05) is 54.1 Å². The molecule has 0 bridgehead atoms. The van der Waals surface area contributed by atoms with Gasteiger partial charge >= 0.3 is 6.18 Å². The Morgan fingerprint density at radius 3 is 2.29 bits per heavy atom. The molecule has 1 N–H and O–H groups in total. The van der Waals surface area contributed by atoms with Crippen LogP contribution in [0.15, 0.2) is 72.9 Å². The van der Waals surface area contributed by atoms with Gasteiger partial charge in [-0.15, -0.1) is 0 Å². The molecule has 0 saturated carbocycles. The summed E-state index contributed by atoms with van der Waals surface area (Å²) in [5, 5.41) is 10.3. The van der Waals surface area contributed by atoms with Crippen LogP contribution >= 0.6 is 0 Å². The molecular formula is C23H16F3NO. The van der Waals surface area contributed by atoms with Gasteiger partial charge in [0.25, 0.3) is 0 Å². The monoisotopic (exact) mass is 379 g/mol. The summed E-state index contributed by atoms with van der Waals surface area (Å²) in [7, 11) is 0. The quantitative estimate of drug-likeness (QED) is 0.425. The molecule has 0 radical (unpaired) electrons. The fraction of sp³-hybridized carbons (Fsp3) is 0.0870. The molecule has 0 aliphatic carbocycles. The first-order valence-electron chi connectivity index (χ1n) is 8.70. The van der Waals surface area contributed by atoms with Crippen LogP contribution in [-0.2, 0) is 6.18 Å². The Hall–Kier alpha value is -3.34. The third-order valence-corrected chi connectivity index (χ3v) is 4.67. The first-order chi connectivity index (χ1) is 13.3. The van der Waals surface area contributed by atoms with Gasteiger partial charge in [0.15, 0.2) is 0 Å². The Balaban J connectivity index is 2.12. The summed E-state index contributed by atoms with van der Waals surface area (Å²) in [6, 6.07) is 18.3. The molecule has 1 aromatic heterocycles. The van der Waals surface area contributed by atoms with E-state index < -0.39 is 11.7 Å². The van der Waals surface area contributed by atoms with Gasteiger partial charge in [0.1, 0.15) is 5.75 Å². The first kappa shape index (κ1) is 18.0. The molecule has 0 saturated heterocycles. The van der Waals surface area contributed by atoms with Gasteiger partial charge in [0, 0.05) is 22.7 Å². The highest BCUT2D eigenvalue weighted by atomic mass is 19.4. The van der Waals surface area contributed by atoms with Crippen LogP contribution in [0.3, 0.4) is 0 Å². The van der Waals surface area contributed by atoms with Crippen LogP contribution in [0.4, 0.5) is 13.2 Å². The van der Waals surface area contributed by atoms with Crippen LogP contribution in [0.1, 0.15) is 11.1 Å². The second-order valence-electron chi connectivity index (χ2n) is 6.67. The molecule has 4 rings (SSSR count). The van der Waals surface area contributed by atoms with Crippen LogP contribution in [0, 0.1) is 6.92 Å². The summed E-state index contributed by atoms with van der Waals surface area (Å²) in [5.41, 5.74) is 2.95. The fourth-order valence-corrected chi connectivity index (χ4v) is 3.46. The zero-order valence-corrected chi connectivity index (χ0v) is 15.0. The van der Waals surface area contributed by atoms with E-state index in [1.807, 2.05) is 31.2 Å². The molecular weight excluding hydrogens is 363 g/mol. The van der Waals surface area contributed by atoms with Crippen LogP contribution in [-0.4, -0.2) is 10.1 Å². The summed E-state index contributed by atoms with van der Waals surface area (Å²) in [4.78, 5) is 4.18. The van der Waals surface area contributed by atoms with Crippen molar-refractivity contribution in [2.75, 3.05) is 0 Å². The van der Waals surface area contributed by atoms with Gasteiger partial charge in [0.05, 0.1) is 11.1 Å². The second kappa shape index (κ2) is 6.68. The lowest BCUT2D eigenvalue weighted by Crippen LogP contribution is -2.07. The summed E-state index contributed by atoms with van der Waals surface area (Å²) < 4.78 is 40.5. The van der Waals surface area contributed by atoms with E-state index in [1.165, 1.54) is 18.3 Å². The minimum Gasteiger partial charge on any atom is -0.508 e. The Kier molecular flexibility index (Phi) is 4.30. The number of aromatic hydroxyl groups is 1. The lowest BCUT2D eigenvalue weighted by atomic mass is 9.91. The highest BCUT2D eigenvalue weighted by Crippen LogP contribution is 2.42. The predicted molar refractivity (Wildman–Crippen MR) is 104 cm³/mol. The number of pyridine rings is 1. The SMILES string of the molecule is Cc1cccc(-c2cnc3c(C(F)(F)F)cccc3c2-c2cccc(O)c2)c1. The zero-order chi connectivity index (χ0) is 19.9. The predicted octanol–water partition coefficient (Wildman–Crippen LogP) is 6.60. The minimum absolute atomic E-state index is 0.0460. The summed E-state index contributed by atoms with van der Waals surface area (Å²) >= 11 is 0. The van der Waals surface area contributed by atoms with Crippen molar-refractivity contribution < 1.29 is 18.3 Å². The molecule has 0 amide bonds. The number of hydrogen-bond donors (Lipinski definition) is 1. The smallest absolute Gasteiger partial charge is 0.418 e. The van der Waals surface area contributed by atoms with E-state index >= 15 is 0 Å². The number of aryl methyl sites for hydroxylation is 1. The average molecular weight is 379 g/mol. The van der Waals surface area contributed by atoms with Gasteiger partial charge in [-0.2, -0.15) is 13.2 Å². The van der Waals surface area contributed by atoms with Crippen molar-refractivity contribution in [2.45, 2.75) is 13.1 Å². The van der Waals surface area contributed by atoms with E-state index in [0.717, 1.165) is 17.2 Å². The van der Waals surface area contributed by atoms with Crippen molar-refractivity contribution >= 4 is 10.9 Å². The summed E-state index contributed by atoms with van der Waals surface area (Å²) in [5.74, 6) is 0.0460. The van der Waals surface area contributed by atoms with Crippen LogP contribution in [0.5, 0.6) is 5.75 Å². The molecule has 5 heteroatoms. The van der Waals surface area contributed by atoms with E-state index in [0.29, 0.717) is 22.1 Å². The molecule has 1 heterocycles. The Morgan fingerprint density at radius 1 is 0.857 bits per heavy atom. The maximum atomic E-state index is 13.5. The number of para-hydroxylation sites is 1. The van der Waals surface area contributed by atoms with Gasteiger partial charge in [-0.05, 0) is 36.2 Å². The van der Waals surface area contributed by atoms with Crippen molar-refractivity contribution in [3.05, 3.63) is 84.1 Å². The zero-order valence-electron chi connectivity index (χ0n) is 15.0. The molecule has 0 aliphatic heterocycles. The standard InChI is InChI=1S/C23H16F3NO/c1-14-5-2-6-15(11-14)19-13-27-22-18(9-4-10-20(22)23(24,25)26)21(19)16-7-3-8-17(28)12-16/h2-13,28H,1H3. The van der Waals surface area contributed by atoms with Crippen molar-refractivity contribution in [2.24, 2.45) is 0 Å². The Bertz CT molecular complexity index is 1180. The number of benzene rings is 3. The van der Waals surface area contributed by atoms with Gasteiger partial charge in [0.2, 0.25) is 0 Å². The van der Waals surface area contributed by atoms with E-state index in [2.05, 4.69) is 4.98 Å². The molecule has 0 atom stereocenters. The van der Waals surface area contributed by atoms with E-state index in [1.54, 1.807) is 24.3 Å². The van der Waals surface area contributed by atoms with Crippen LogP contribution in [0.25, 0.3) is 33.2 Å². The van der Waals surface area contributed by atoms with Gasteiger partial charge in [-0.25, -0.2) is 0 Å². The van der Waals surface area contributed by atoms with Gasteiger partial charge < -0.3 is 5.11 Å². The molecule has 0 aliphatic rings. The normalized spacial score (nSPS) is 11.7. The Labute approximate surface area is 159 Å². The lowest BCUT2D eigenvalue weighted by molar-refractivity contribution is -0.136. The second-order valence-corrected chi connectivity index (χ2v) is 6.67. The number of phenolic OH excluding ortho intramolecular Hbond substituents is 1. The number of phenols is 1. The van der Waals surface area contributed by atoms with Crippen LogP contribution < -0.4 is 0 Å². The minimum atomic E-state index is -4.51. The van der Waals surface area contributed by atoms with E-state index in [-0.39, 0.29) is 11.3 Å². The number of hydrogen-bond acceptors (Lipinski definition) is 2. The van der Waals surface area contributed by atoms with Crippen molar-refractivity contribution in [3.63, 3.8) is 0 Å². The summed E-state index contributed by atoms with van der Waals surface area (Å²) in [6.45, 7) is 1.95. The number of nitrogens with zero attached hydrogens (tertiary/aromatic N) is 1.